The first-order valence-electron chi connectivity index (χ1n) is 8.15. The van der Waals surface area contributed by atoms with Gasteiger partial charge in [-0.05, 0) is 36.8 Å². The Balaban J connectivity index is 1.75. The smallest absolute Gasteiger partial charge is 0.202 e. The van der Waals surface area contributed by atoms with E-state index in [1.165, 1.54) is 5.56 Å². The van der Waals surface area contributed by atoms with Crippen LogP contribution in [0.4, 0.5) is 5.69 Å². The normalized spacial score (nSPS) is 19.7. The lowest BCUT2D eigenvalue weighted by Crippen LogP contribution is -2.31. The Morgan fingerprint density at radius 2 is 1.96 bits per heavy atom. The molecule has 2 atom stereocenters. The minimum absolute atomic E-state index is 0.188. The van der Waals surface area contributed by atoms with Crippen LogP contribution in [0, 0.1) is 0 Å². The summed E-state index contributed by atoms with van der Waals surface area (Å²) in [5.74, 6) is 0.912. The van der Waals surface area contributed by atoms with Crippen molar-refractivity contribution in [3.63, 3.8) is 0 Å². The summed E-state index contributed by atoms with van der Waals surface area (Å²) in [6.45, 7) is 2.91. The van der Waals surface area contributed by atoms with Crippen LogP contribution in [0.3, 0.4) is 0 Å². The Labute approximate surface area is 146 Å². The second kappa shape index (κ2) is 7.84. The van der Waals surface area contributed by atoms with Gasteiger partial charge in [0, 0.05) is 22.1 Å². The average Bonchev–Trinajstić information content (AvgIpc) is 2.57. The van der Waals surface area contributed by atoms with Gasteiger partial charge in [0.05, 0.1) is 12.6 Å². The van der Waals surface area contributed by atoms with E-state index in [2.05, 4.69) is 52.4 Å². The zero-order chi connectivity index (χ0) is 16.1. The third kappa shape index (κ3) is 4.27. The lowest BCUT2D eigenvalue weighted by Gasteiger charge is -2.33. The van der Waals surface area contributed by atoms with Crippen LogP contribution in [0.2, 0.25) is 0 Å². The van der Waals surface area contributed by atoms with Gasteiger partial charge in [0.1, 0.15) is 5.75 Å². The molecule has 0 saturated heterocycles. The van der Waals surface area contributed by atoms with Crippen molar-refractivity contribution in [2.24, 2.45) is 0 Å². The molecule has 3 nitrogen and oxygen atoms in total. The molecule has 0 radical (unpaired) electrons. The van der Waals surface area contributed by atoms with E-state index in [1.54, 1.807) is 0 Å². The first-order chi connectivity index (χ1) is 11.3. The van der Waals surface area contributed by atoms with E-state index in [4.69, 9.17) is 9.47 Å². The van der Waals surface area contributed by atoms with Crippen molar-refractivity contribution in [3.8, 4) is 5.75 Å². The first-order valence-corrected chi connectivity index (χ1v) is 8.95. The highest BCUT2D eigenvalue weighted by Crippen LogP contribution is 2.37. The molecule has 0 aliphatic carbocycles. The van der Waals surface area contributed by atoms with Gasteiger partial charge in [-0.3, -0.25) is 0 Å². The van der Waals surface area contributed by atoms with Crippen LogP contribution in [0.15, 0.2) is 53.0 Å². The predicted octanol–water partition coefficient (Wildman–Crippen LogP) is 5.53. The number of para-hydroxylation sites is 1. The number of halogens is 1. The summed E-state index contributed by atoms with van der Waals surface area (Å²) in [5.41, 5.74) is 2.29. The highest BCUT2D eigenvalue weighted by molar-refractivity contribution is 9.10. The van der Waals surface area contributed by atoms with E-state index < -0.39 is 0 Å². The Morgan fingerprint density at radius 3 is 2.74 bits per heavy atom. The number of fused-ring (bicyclic) bond motifs is 1. The van der Waals surface area contributed by atoms with Crippen molar-refractivity contribution in [2.75, 3.05) is 11.9 Å². The molecule has 122 valence electrons. The third-order valence-electron chi connectivity index (χ3n) is 3.97. The first kappa shape index (κ1) is 16.3. The molecule has 1 aliphatic rings. The largest absolute Gasteiger partial charge is 0.464 e. The van der Waals surface area contributed by atoms with E-state index in [9.17, 15) is 0 Å². The molecule has 0 amide bonds. The average molecular weight is 376 g/mol. The van der Waals surface area contributed by atoms with Gasteiger partial charge in [-0.1, -0.05) is 47.5 Å². The maximum atomic E-state index is 6.00. The highest BCUT2D eigenvalue weighted by atomic mass is 79.9. The summed E-state index contributed by atoms with van der Waals surface area (Å²) in [4.78, 5) is 0. The molecule has 3 rings (SSSR count). The van der Waals surface area contributed by atoms with Crippen molar-refractivity contribution in [3.05, 3.63) is 58.6 Å². The molecule has 0 unspecified atom stereocenters. The van der Waals surface area contributed by atoms with E-state index in [1.807, 2.05) is 24.3 Å². The monoisotopic (exact) mass is 375 g/mol. The fourth-order valence-electron chi connectivity index (χ4n) is 2.73. The van der Waals surface area contributed by atoms with Crippen molar-refractivity contribution >= 4 is 21.6 Å². The molecule has 1 aliphatic heterocycles. The number of benzene rings is 2. The summed E-state index contributed by atoms with van der Waals surface area (Å²) < 4.78 is 13.0. The minimum Gasteiger partial charge on any atom is -0.464 e. The van der Waals surface area contributed by atoms with Crippen molar-refractivity contribution in [2.45, 2.75) is 38.5 Å². The van der Waals surface area contributed by atoms with Crippen molar-refractivity contribution in [1.29, 1.82) is 0 Å². The maximum absolute atomic E-state index is 6.00. The zero-order valence-electron chi connectivity index (χ0n) is 13.3. The van der Waals surface area contributed by atoms with Gasteiger partial charge in [-0.15, -0.1) is 0 Å². The molecule has 0 fully saturated rings. The minimum atomic E-state index is -0.190. The quantitative estimate of drug-likeness (QED) is 0.673. The topological polar surface area (TPSA) is 30.5 Å². The molecule has 23 heavy (non-hydrogen) atoms. The fraction of sp³-hybridized carbons (Fsp3) is 0.368. The molecule has 0 spiro atoms. The number of nitrogens with one attached hydrogen (secondary N) is 1. The number of anilines is 1. The standard InChI is InChI=1S/C19H22BrNO2/c1-2-3-12-22-19-13-17(16-6-4-5-7-18(16)23-19)21-15-10-8-14(20)9-11-15/h4-11,17,19,21H,2-3,12-13H2,1H3/t17-,19+/m1/s1. The molecule has 0 bridgehead atoms. The van der Waals surface area contributed by atoms with E-state index >= 15 is 0 Å². The summed E-state index contributed by atoms with van der Waals surface area (Å²) in [6.07, 6.45) is 2.80. The van der Waals surface area contributed by atoms with Crippen molar-refractivity contribution in [1.82, 2.24) is 0 Å². The molecule has 2 aromatic rings. The molecular weight excluding hydrogens is 354 g/mol. The van der Waals surface area contributed by atoms with Gasteiger partial charge < -0.3 is 14.8 Å². The van der Waals surface area contributed by atoms with Gasteiger partial charge in [0.15, 0.2) is 0 Å². The number of unbranched alkanes of at least 4 members (excludes halogenated alkanes) is 1. The van der Waals surface area contributed by atoms with E-state index in [0.717, 1.165) is 41.8 Å². The second-order valence-electron chi connectivity index (χ2n) is 5.75. The van der Waals surface area contributed by atoms with Crippen LogP contribution in [-0.2, 0) is 4.74 Å². The highest BCUT2D eigenvalue weighted by Gasteiger charge is 2.28. The molecule has 4 heteroatoms. The Hall–Kier alpha value is -1.52. The lowest BCUT2D eigenvalue weighted by molar-refractivity contribution is -0.0952. The maximum Gasteiger partial charge on any atom is 0.202 e. The van der Waals surface area contributed by atoms with Gasteiger partial charge in [0.2, 0.25) is 6.29 Å². The number of hydrogen-bond donors (Lipinski definition) is 1. The van der Waals surface area contributed by atoms with Gasteiger partial charge in [0.25, 0.3) is 0 Å². The van der Waals surface area contributed by atoms with Crippen LogP contribution >= 0.6 is 15.9 Å². The van der Waals surface area contributed by atoms with Crippen LogP contribution in [0.1, 0.15) is 37.8 Å². The van der Waals surface area contributed by atoms with Gasteiger partial charge in [-0.25, -0.2) is 0 Å². The molecule has 2 aromatic carbocycles. The van der Waals surface area contributed by atoms with Gasteiger partial charge >= 0.3 is 0 Å². The van der Waals surface area contributed by atoms with Crippen LogP contribution < -0.4 is 10.1 Å². The molecule has 0 saturated carbocycles. The van der Waals surface area contributed by atoms with Crippen LogP contribution in [0.25, 0.3) is 0 Å². The number of ether oxygens (including phenoxy) is 2. The molecular formula is C19H22BrNO2. The lowest BCUT2D eigenvalue weighted by atomic mass is 9.99. The Kier molecular flexibility index (Phi) is 5.57. The summed E-state index contributed by atoms with van der Waals surface area (Å²) in [7, 11) is 0. The van der Waals surface area contributed by atoms with Gasteiger partial charge in [-0.2, -0.15) is 0 Å². The summed E-state index contributed by atoms with van der Waals surface area (Å²) in [6, 6.07) is 16.6. The Morgan fingerprint density at radius 1 is 1.17 bits per heavy atom. The fourth-order valence-corrected chi connectivity index (χ4v) is 2.99. The summed E-state index contributed by atoms with van der Waals surface area (Å²) in [5, 5.41) is 3.60. The SMILES string of the molecule is CCCCO[C@@H]1C[C@@H](Nc2ccc(Br)cc2)c2ccccc2O1. The number of rotatable bonds is 6. The second-order valence-corrected chi connectivity index (χ2v) is 6.66. The van der Waals surface area contributed by atoms with Crippen LogP contribution in [0.5, 0.6) is 5.75 Å². The van der Waals surface area contributed by atoms with Crippen LogP contribution in [-0.4, -0.2) is 12.9 Å². The number of hydrogen-bond acceptors (Lipinski definition) is 3. The summed E-state index contributed by atoms with van der Waals surface area (Å²) >= 11 is 3.47. The van der Waals surface area contributed by atoms with E-state index in [-0.39, 0.29) is 12.3 Å². The zero-order valence-corrected chi connectivity index (χ0v) is 14.9. The third-order valence-corrected chi connectivity index (χ3v) is 4.50. The Bertz CT molecular complexity index is 630. The van der Waals surface area contributed by atoms with E-state index in [0.29, 0.717) is 0 Å². The predicted molar refractivity (Wildman–Crippen MR) is 96.8 cm³/mol. The molecule has 1 heterocycles. The van der Waals surface area contributed by atoms with Crippen molar-refractivity contribution < 1.29 is 9.47 Å². The molecule has 1 N–H and O–H groups in total. The molecule has 0 aromatic heterocycles.